The Hall–Kier alpha value is -1.26. The van der Waals surface area contributed by atoms with E-state index in [1.54, 1.807) is 25.2 Å². The maximum absolute atomic E-state index is 5.91. The van der Waals surface area contributed by atoms with Crippen molar-refractivity contribution in [3.05, 3.63) is 33.8 Å². The molecule has 6 heteroatoms. The third-order valence-electron chi connectivity index (χ3n) is 1.61. The van der Waals surface area contributed by atoms with Gasteiger partial charge >= 0.3 is 0 Å². The van der Waals surface area contributed by atoms with Crippen LogP contribution < -0.4 is 11.2 Å². The minimum absolute atomic E-state index is 0.217. The second kappa shape index (κ2) is 5.58. The number of guanidine groups is 1. The zero-order chi connectivity index (χ0) is 11.3. The maximum Gasteiger partial charge on any atom is 0.209 e. The Balaban J connectivity index is 2.80. The summed E-state index contributed by atoms with van der Waals surface area (Å²) in [7, 11) is 1.56. The van der Waals surface area contributed by atoms with Crippen LogP contribution in [0.4, 0.5) is 0 Å². The molecule has 0 radical (unpaired) electrons. The normalized spacial score (nSPS) is 12.1. The van der Waals surface area contributed by atoms with E-state index in [9.17, 15) is 0 Å². The monoisotopic (exact) mass is 244 g/mol. The Morgan fingerprint density at radius 2 is 2.00 bits per heavy atom. The minimum Gasteiger partial charge on any atom is -0.369 e. The molecular formula is C9H10Cl2N4. The van der Waals surface area contributed by atoms with Crippen molar-refractivity contribution < 1.29 is 0 Å². The summed E-state index contributed by atoms with van der Waals surface area (Å²) in [5.41, 5.74) is 8.52. The summed E-state index contributed by atoms with van der Waals surface area (Å²) in [6.45, 7) is 0. The Morgan fingerprint density at radius 3 is 2.53 bits per heavy atom. The third kappa shape index (κ3) is 3.42. The van der Waals surface area contributed by atoms with Crippen LogP contribution in [-0.4, -0.2) is 19.2 Å². The summed E-state index contributed by atoms with van der Waals surface area (Å²) < 4.78 is 0. The van der Waals surface area contributed by atoms with Gasteiger partial charge in [0.15, 0.2) is 0 Å². The van der Waals surface area contributed by atoms with Crippen molar-refractivity contribution in [2.45, 2.75) is 0 Å². The van der Waals surface area contributed by atoms with Crippen LogP contribution in [0, 0.1) is 0 Å². The minimum atomic E-state index is 0.217. The van der Waals surface area contributed by atoms with Gasteiger partial charge in [-0.2, -0.15) is 5.10 Å². The molecule has 0 aliphatic heterocycles. The molecule has 0 heterocycles. The molecule has 0 amide bonds. The molecule has 1 rings (SSSR count). The van der Waals surface area contributed by atoms with E-state index in [0.29, 0.717) is 15.6 Å². The number of hydrazone groups is 1. The number of benzene rings is 1. The Kier molecular flexibility index (Phi) is 4.39. The topological polar surface area (TPSA) is 62.8 Å². The average molecular weight is 245 g/mol. The molecule has 0 saturated carbocycles. The summed E-state index contributed by atoms with van der Waals surface area (Å²) >= 11 is 11.8. The van der Waals surface area contributed by atoms with Gasteiger partial charge in [0.2, 0.25) is 5.96 Å². The van der Waals surface area contributed by atoms with Gasteiger partial charge in [-0.05, 0) is 12.1 Å². The van der Waals surface area contributed by atoms with Gasteiger partial charge in [-0.25, -0.2) is 5.43 Å². The highest BCUT2D eigenvalue weighted by Crippen LogP contribution is 2.21. The third-order valence-corrected chi connectivity index (χ3v) is 2.27. The fraction of sp³-hybridized carbons (Fsp3) is 0.111. The molecule has 0 bridgehead atoms. The lowest BCUT2D eigenvalue weighted by Gasteiger charge is -2.00. The van der Waals surface area contributed by atoms with Crippen molar-refractivity contribution >= 4 is 35.4 Å². The van der Waals surface area contributed by atoms with Crippen molar-refractivity contribution in [3.63, 3.8) is 0 Å². The van der Waals surface area contributed by atoms with Crippen LogP contribution in [0.5, 0.6) is 0 Å². The predicted molar refractivity (Wildman–Crippen MR) is 64.7 cm³/mol. The number of halogens is 2. The van der Waals surface area contributed by atoms with Gasteiger partial charge in [0.1, 0.15) is 0 Å². The molecule has 15 heavy (non-hydrogen) atoms. The van der Waals surface area contributed by atoms with E-state index in [1.807, 2.05) is 0 Å². The van der Waals surface area contributed by atoms with E-state index in [1.165, 1.54) is 6.21 Å². The molecule has 1 aromatic rings. The maximum atomic E-state index is 5.91. The summed E-state index contributed by atoms with van der Waals surface area (Å²) in [5.74, 6) is 0.217. The van der Waals surface area contributed by atoms with Gasteiger partial charge in [0.05, 0.1) is 16.3 Å². The first-order chi connectivity index (χ1) is 7.15. The van der Waals surface area contributed by atoms with Crippen molar-refractivity contribution in [1.82, 2.24) is 5.43 Å². The molecule has 0 spiro atoms. The van der Waals surface area contributed by atoms with Crippen LogP contribution in [0.15, 0.2) is 28.3 Å². The standard InChI is InChI=1S/C9H10Cl2N4/c1-13-9(12)15-14-5-6-7(10)3-2-4-8(6)11/h2-5H,1H3,(H3,12,13,15)/b14-5+. The summed E-state index contributed by atoms with van der Waals surface area (Å²) in [6.07, 6.45) is 1.49. The lowest BCUT2D eigenvalue weighted by molar-refractivity contribution is 1.01. The molecule has 0 saturated heterocycles. The lowest BCUT2D eigenvalue weighted by atomic mass is 10.2. The molecule has 0 aliphatic carbocycles. The molecule has 80 valence electrons. The zero-order valence-electron chi connectivity index (χ0n) is 8.04. The van der Waals surface area contributed by atoms with Crippen molar-refractivity contribution in [3.8, 4) is 0 Å². The highest BCUT2D eigenvalue weighted by Gasteiger charge is 2.01. The van der Waals surface area contributed by atoms with Crippen LogP contribution in [0.25, 0.3) is 0 Å². The number of aliphatic imine (C=N–C) groups is 1. The number of hydrogen-bond acceptors (Lipinski definition) is 2. The molecular weight excluding hydrogens is 235 g/mol. The van der Waals surface area contributed by atoms with Gasteiger partial charge in [-0.15, -0.1) is 0 Å². The molecule has 0 unspecified atom stereocenters. The number of nitrogens with one attached hydrogen (secondary N) is 1. The van der Waals surface area contributed by atoms with E-state index < -0.39 is 0 Å². The smallest absolute Gasteiger partial charge is 0.209 e. The van der Waals surface area contributed by atoms with E-state index in [2.05, 4.69) is 15.5 Å². The van der Waals surface area contributed by atoms with Gasteiger partial charge < -0.3 is 5.73 Å². The Labute approximate surface area is 97.8 Å². The number of hydrogen-bond donors (Lipinski definition) is 2. The second-order valence-electron chi connectivity index (χ2n) is 2.61. The van der Waals surface area contributed by atoms with Crippen LogP contribution in [0.2, 0.25) is 10.0 Å². The molecule has 0 aromatic heterocycles. The number of nitrogens with two attached hydrogens (primary N) is 1. The van der Waals surface area contributed by atoms with Gasteiger partial charge in [-0.1, -0.05) is 29.3 Å². The predicted octanol–water partition coefficient (Wildman–Crippen LogP) is 1.86. The molecule has 3 N–H and O–H groups in total. The van der Waals surface area contributed by atoms with Crippen molar-refractivity contribution in [2.75, 3.05) is 7.05 Å². The Morgan fingerprint density at radius 1 is 1.40 bits per heavy atom. The van der Waals surface area contributed by atoms with Crippen LogP contribution >= 0.6 is 23.2 Å². The summed E-state index contributed by atoms with van der Waals surface area (Å²) in [6, 6.07) is 5.22. The Bertz CT molecular complexity index is 381. The van der Waals surface area contributed by atoms with Gasteiger partial charge in [-0.3, -0.25) is 4.99 Å². The van der Waals surface area contributed by atoms with Crippen LogP contribution in [0.3, 0.4) is 0 Å². The van der Waals surface area contributed by atoms with Gasteiger partial charge in [0, 0.05) is 12.6 Å². The highest BCUT2D eigenvalue weighted by molar-refractivity contribution is 6.38. The summed E-state index contributed by atoms with van der Waals surface area (Å²) in [4.78, 5) is 3.67. The fourth-order valence-corrected chi connectivity index (χ4v) is 1.34. The zero-order valence-corrected chi connectivity index (χ0v) is 9.55. The molecule has 0 aliphatic rings. The summed E-state index contributed by atoms with van der Waals surface area (Å²) in [5, 5.41) is 4.89. The van der Waals surface area contributed by atoms with E-state index in [0.717, 1.165) is 0 Å². The SMILES string of the molecule is C/N=C(/N)N/N=C/c1c(Cl)cccc1Cl. The van der Waals surface area contributed by atoms with Gasteiger partial charge in [0.25, 0.3) is 0 Å². The van der Waals surface area contributed by atoms with E-state index in [4.69, 9.17) is 28.9 Å². The van der Waals surface area contributed by atoms with Crippen molar-refractivity contribution in [1.29, 1.82) is 0 Å². The molecule has 0 atom stereocenters. The largest absolute Gasteiger partial charge is 0.369 e. The molecule has 4 nitrogen and oxygen atoms in total. The highest BCUT2D eigenvalue weighted by atomic mass is 35.5. The lowest BCUT2D eigenvalue weighted by Crippen LogP contribution is -2.26. The number of nitrogens with zero attached hydrogens (tertiary/aromatic N) is 2. The quantitative estimate of drug-likeness (QED) is 0.474. The van der Waals surface area contributed by atoms with Crippen LogP contribution in [-0.2, 0) is 0 Å². The second-order valence-corrected chi connectivity index (χ2v) is 3.43. The average Bonchev–Trinajstić information content (AvgIpc) is 2.22. The van der Waals surface area contributed by atoms with Crippen molar-refractivity contribution in [2.24, 2.45) is 15.8 Å². The first-order valence-corrected chi connectivity index (χ1v) is 4.86. The first kappa shape index (κ1) is 11.8. The molecule has 1 aromatic carbocycles. The number of rotatable bonds is 2. The van der Waals surface area contributed by atoms with E-state index in [-0.39, 0.29) is 5.96 Å². The first-order valence-electron chi connectivity index (χ1n) is 4.10. The van der Waals surface area contributed by atoms with E-state index >= 15 is 0 Å². The molecule has 0 fully saturated rings. The van der Waals surface area contributed by atoms with Crippen LogP contribution in [0.1, 0.15) is 5.56 Å². The fourth-order valence-electron chi connectivity index (χ4n) is 0.847.